The number of rotatable bonds is 4. The number of aromatic nitrogens is 2. The molecule has 0 atom stereocenters. The number of carbonyl (C=O) groups is 2. The zero-order chi connectivity index (χ0) is 19.2. The molecule has 7 heteroatoms. The predicted octanol–water partition coefficient (Wildman–Crippen LogP) is 2.10. The third-order valence-electron chi connectivity index (χ3n) is 3.70. The smallest absolute Gasteiger partial charge is 0.270 e. The molecule has 134 valence electrons. The molecular weight excluding hydrogens is 347 g/mol. The largest absolute Gasteiger partial charge is 0.366 e. The minimum atomic E-state index is -0.499. The van der Waals surface area contributed by atoms with Crippen LogP contribution in [0.5, 0.6) is 0 Å². The van der Waals surface area contributed by atoms with Gasteiger partial charge < -0.3 is 11.1 Å². The van der Waals surface area contributed by atoms with E-state index in [1.165, 1.54) is 12.1 Å². The van der Waals surface area contributed by atoms with E-state index in [1.807, 2.05) is 0 Å². The molecule has 6 nitrogen and oxygen atoms in total. The summed E-state index contributed by atoms with van der Waals surface area (Å²) in [4.78, 5) is 23.1. The van der Waals surface area contributed by atoms with E-state index >= 15 is 0 Å². The highest BCUT2D eigenvalue weighted by Crippen LogP contribution is 2.17. The van der Waals surface area contributed by atoms with Crippen LogP contribution in [0, 0.1) is 17.7 Å². The highest BCUT2D eigenvalue weighted by atomic mass is 19.1. The Morgan fingerprint density at radius 2 is 1.81 bits per heavy atom. The summed E-state index contributed by atoms with van der Waals surface area (Å²) < 4.78 is 13.0. The Bertz CT molecular complexity index is 1030. The maximum atomic E-state index is 13.0. The average molecular weight is 362 g/mol. The number of nitrogens with zero attached hydrogens (tertiary/aromatic N) is 1. The van der Waals surface area contributed by atoms with Gasteiger partial charge in [0, 0.05) is 16.7 Å². The molecule has 0 spiro atoms. The summed E-state index contributed by atoms with van der Waals surface area (Å²) in [5.41, 5.74) is 7.80. The Hall–Kier alpha value is -3.92. The molecular formula is C20H15FN4O2. The van der Waals surface area contributed by atoms with Gasteiger partial charge in [-0.25, -0.2) is 4.39 Å². The number of nitrogens with one attached hydrogen (secondary N) is 2. The third kappa shape index (κ3) is 4.58. The summed E-state index contributed by atoms with van der Waals surface area (Å²) in [6, 6.07) is 13.9. The molecule has 0 aliphatic heterocycles. The van der Waals surface area contributed by atoms with E-state index in [4.69, 9.17) is 5.73 Å². The number of primary amides is 1. The number of hydrogen-bond donors (Lipinski definition) is 3. The fourth-order valence-electron chi connectivity index (χ4n) is 2.29. The molecule has 2 aromatic carbocycles. The number of halogens is 1. The van der Waals surface area contributed by atoms with Crippen molar-refractivity contribution < 1.29 is 14.0 Å². The molecule has 2 amide bonds. The molecule has 27 heavy (non-hydrogen) atoms. The van der Waals surface area contributed by atoms with Crippen molar-refractivity contribution in [3.05, 3.63) is 77.2 Å². The number of amides is 2. The van der Waals surface area contributed by atoms with Gasteiger partial charge in [-0.3, -0.25) is 14.7 Å². The van der Waals surface area contributed by atoms with Gasteiger partial charge in [0.25, 0.3) is 5.91 Å². The van der Waals surface area contributed by atoms with Crippen LogP contribution in [-0.2, 0) is 0 Å². The second-order valence-corrected chi connectivity index (χ2v) is 5.60. The van der Waals surface area contributed by atoms with Gasteiger partial charge in [-0.2, -0.15) is 5.10 Å². The number of carbonyl (C=O) groups excluding carboxylic acids is 2. The van der Waals surface area contributed by atoms with Crippen LogP contribution >= 0.6 is 0 Å². The lowest BCUT2D eigenvalue weighted by atomic mass is 10.1. The highest BCUT2D eigenvalue weighted by Gasteiger charge is 2.10. The summed E-state index contributed by atoms with van der Waals surface area (Å²) >= 11 is 0. The molecule has 1 aromatic heterocycles. The lowest BCUT2D eigenvalue weighted by Crippen LogP contribution is -2.23. The molecule has 1 heterocycles. The first-order valence-electron chi connectivity index (χ1n) is 8.01. The number of aromatic amines is 1. The second kappa shape index (κ2) is 7.97. The van der Waals surface area contributed by atoms with Crippen LogP contribution in [0.15, 0.2) is 54.6 Å². The molecule has 0 radical (unpaired) electrons. The van der Waals surface area contributed by atoms with Crippen LogP contribution in [0.3, 0.4) is 0 Å². The molecule has 4 N–H and O–H groups in total. The van der Waals surface area contributed by atoms with Crippen molar-refractivity contribution in [3.8, 4) is 23.1 Å². The van der Waals surface area contributed by atoms with Crippen LogP contribution in [0.1, 0.15) is 26.4 Å². The molecule has 0 saturated carbocycles. The van der Waals surface area contributed by atoms with Crippen LogP contribution in [0.25, 0.3) is 11.3 Å². The summed E-state index contributed by atoms with van der Waals surface area (Å²) in [5.74, 6) is 4.51. The second-order valence-electron chi connectivity index (χ2n) is 5.60. The van der Waals surface area contributed by atoms with Crippen molar-refractivity contribution in [1.82, 2.24) is 15.5 Å². The summed E-state index contributed by atoms with van der Waals surface area (Å²) in [6.45, 7) is 0.140. The third-order valence-corrected chi connectivity index (χ3v) is 3.70. The zero-order valence-corrected chi connectivity index (χ0v) is 14.1. The van der Waals surface area contributed by atoms with Crippen molar-refractivity contribution in [2.75, 3.05) is 6.54 Å². The Labute approximate surface area is 154 Å². The summed E-state index contributed by atoms with van der Waals surface area (Å²) in [5, 5.41) is 9.35. The first-order chi connectivity index (χ1) is 13.0. The summed E-state index contributed by atoms with van der Waals surface area (Å²) in [6.07, 6.45) is 0. The number of benzene rings is 2. The van der Waals surface area contributed by atoms with Crippen LogP contribution in [0.2, 0.25) is 0 Å². The molecule has 0 aliphatic carbocycles. The quantitative estimate of drug-likeness (QED) is 0.620. The average Bonchev–Trinajstić information content (AvgIpc) is 3.16. The maximum absolute atomic E-state index is 13.0. The van der Waals surface area contributed by atoms with E-state index in [9.17, 15) is 14.0 Å². The van der Waals surface area contributed by atoms with Crippen molar-refractivity contribution in [3.63, 3.8) is 0 Å². The predicted molar refractivity (Wildman–Crippen MR) is 98.2 cm³/mol. The van der Waals surface area contributed by atoms with Crippen LogP contribution in [0.4, 0.5) is 4.39 Å². The van der Waals surface area contributed by atoms with E-state index in [-0.39, 0.29) is 24.0 Å². The molecule has 0 bridgehead atoms. The van der Waals surface area contributed by atoms with E-state index in [2.05, 4.69) is 27.4 Å². The fourth-order valence-corrected chi connectivity index (χ4v) is 2.29. The lowest BCUT2D eigenvalue weighted by Gasteiger charge is -1.97. The van der Waals surface area contributed by atoms with Crippen molar-refractivity contribution in [2.24, 2.45) is 5.73 Å². The Kier molecular flexibility index (Phi) is 5.28. The molecule has 0 fully saturated rings. The number of nitrogens with two attached hydrogens (primary N) is 1. The minimum absolute atomic E-state index is 0.140. The summed E-state index contributed by atoms with van der Waals surface area (Å²) in [7, 11) is 0. The molecule has 0 aliphatic rings. The fraction of sp³-hybridized carbons (Fsp3) is 0.0500. The SMILES string of the molecule is NC(=O)c1ccc(C#CCNC(=O)c2cc(-c3ccc(F)cc3)n[nH]2)cc1. The van der Waals surface area contributed by atoms with Gasteiger partial charge in [-0.1, -0.05) is 11.8 Å². The van der Waals surface area contributed by atoms with Crippen LogP contribution < -0.4 is 11.1 Å². The van der Waals surface area contributed by atoms with Gasteiger partial charge in [0.15, 0.2) is 0 Å². The molecule has 0 saturated heterocycles. The van der Waals surface area contributed by atoms with E-state index < -0.39 is 5.91 Å². The van der Waals surface area contributed by atoms with E-state index in [0.717, 1.165) is 0 Å². The molecule has 3 rings (SSSR count). The van der Waals surface area contributed by atoms with Crippen molar-refractivity contribution in [1.29, 1.82) is 0 Å². The zero-order valence-electron chi connectivity index (χ0n) is 14.1. The first kappa shape index (κ1) is 17.9. The topological polar surface area (TPSA) is 101 Å². The van der Waals surface area contributed by atoms with Gasteiger partial charge in [-0.15, -0.1) is 0 Å². The molecule has 3 aromatic rings. The highest BCUT2D eigenvalue weighted by molar-refractivity contribution is 5.93. The first-order valence-corrected chi connectivity index (χ1v) is 8.01. The number of H-pyrrole nitrogens is 1. The normalized spacial score (nSPS) is 9.96. The Morgan fingerprint density at radius 3 is 2.48 bits per heavy atom. The Balaban J connectivity index is 1.57. The minimum Gasteiger partial charge on any atom is -0.366 e. The van der Waals surface area contributed by atoms with E-state index in [0.29, 0.717) is 22.4 Å². The standard InChI is InChI=1S/C20H15FN4O2/c21-16-9-7-14(8-10-16)17-12-18(25-24-17)20(27)23-11-1-2-13-3-5-15(6-4-13)19(22)26/h3-10,12H,11H2,(H2,22,26)(H,23,27)(H,24,25). The van der Waals surface area contributed by atoms with Crippen molar-refractivity contribution in [2.45, 2.75) is 0 Å². The van der Waals surface area contributed by atoms with Crippen molar-refractivity contribution >= 4 is 11.8 Å². The lowest BCUT2D eigenvalue weighted by molar-refractivity contribution is 0.0952. The Morgan fingerprint density at radius 1 is 1.11 bits per heavy atom. The van der Waals surface area contributed by atoms with Gasteiger partial charge in [-0.05, 0) is 54.6 Å². The van der Waals surface area contributed by atoms with Gasteiger partial charge >= 0.3 is 0 Å². The van der Waals surface area contributed by atoms with Gasteiger partial charge in [0.2, 0.25) is 5.91 Å². The molecule has 0 unspecified atom stereocenters. The monoisotopic (exact) mass is 362 g/mol. The number of hydrogen-bond acceptors (Lipinski definition) is 3. The van der Waals surface area contributed by atoms with Crippen LogP contribution in [-0.4, -0.2) is 28.6 Å². The van der Waals surface area contributed by atoms with Gasteiger partial charge in [0.1, 0.15) is 11.5 Å². The van der Waals surface area contributed by atoms with E-state index in [1.54, 1.807) is 42.5 Å². The maximum Gasteiger partial charge on any atom is 0.270 e. The van der Waals surface area contributed by atoms with Gasteiger partial charge in [0.05, 0.1) is 12.2 Å².